The van der Waals surface area contributed by atoms with Gasteiger partial charge in [0.05, 0.1) is 33.1 Å². The SMILES string of the molecule is COc1cc2c(c(OC)c1OC)-c1ccc(N[C@@H](CC(C)C)C(=O)NCCc3ccc(O)cc3)c(=O)cc1[C@@H](NC(C)=O)CC2. The minimum Gasteiger partial charge on any atom is -0.508 e. The van der Waals surface area contributed by atoms with E-state index in [4.69, 9.17) is 14.2 Å². The molecule has 45 heavy (non-hydrogen) atoms. The molecule has 10 heteroatoms. The highest BCUT2D eigenvalue weighted by Crippen LogP contribution is 2.50. The van der Waals surface area contributed by atoms with Gasteiger partial charge in [-0.2, -0.15) is 0 Å². The summed E-state index contributed by atoms with van der Waals surface area (Å²) in [5.41, 5.74) is 3.99. The number of hydrogen-bond donors (Lipinski definition) is 4. The van der Waals surface area contributed by atoms with Crippen LogP contribution in [-0.2, 0) is 22.4 Å². The highest BCUT2D eigenvalue weighted by Gasteiger charge is 2.30. The summed E-state index contributed by atoms with van der Waals surface area (Å²) in [5.74, 6) is 1.36. The van der Waals surface area contributed by atoms with E-state index in [0.717, 1.165) is 16.7 Å². The lowest BCUT2D eigenvalue weighted by Gasteiger charge is -2.20. The van der Waals surface area contributed by atoms with Gasteiger partial charge in [0.25, 0.3) is 0 Å². The van der Waals surface area contributed by atoms with Crippen LogP contribution in [0.3, 0.4) is 0 Å². The van der Waals surface area contributed by atoms with E-state index in [9.17, 15) is 19.5 Å². The molecule has 0 aromatic heterocycles. The zero-order valence-corrected chi connectivity index (χ0v) is 26.8. The van der Waals surface area contributed by atoms with Crippen molar-refractivity contribution < 1.29 is 28.9 Å². The Morgan fingerprint density at radius 2 is 1.69 bits per heavy atom. The first kappa shape index (κ1) is 33.2. The number of phenols is 1. The quantitative estimate of drug-likeness (QED) is 0.229. The number of phenolic OH excluding ortho intramolecular Hbond substituents is 1. The molecule has 0 saturated carbocycles. The van der Waals surface area contributed by atoms with Gasteiger partial charge in [-0.05, 0) is 84.2 Å². The average molecular weight is 618 g/mol. The topological polar surface area (TPSA) is 135 Å². The molecular weight excluding hydrogens is 574 g/mol. The minimum atomic E-state index is -0.656. The maximum absolute atomic E-state index is 13.8. The molecule has 2 atom stereocenters. The van der Waals surface area contributed by atoms with Crippen molar-refractivity contribution in [1.29, 1.82) is 0 Å². The summed E-state index contributed by atoms with van der Waals surface area (Å²) in [7, 11) is 4.66. The van der Waals surface area contributed by atoms with Crippen LogP contribution < -0.4 is 35.6 Å². The van der Waals surface area contributed by atoms with Crippen LogP contribution in [-0.4, -0.2) is 50.8 Å². The molecule has 2 amide bonds. The fraction of sp³-hybridized carbons (Fsp3) is 0.400. The number of carbonyl (C=O) groups excluding carboxylic acids is 2. The Hall–Kier alpha value is -4.73. The molecule has 0 saturated heterocycles. The molecule has 0 aliphatic heterocycles. The van der Waals surface area contributed by atoms with Crippen molar-refractivity contribution in [3.05, 3.63) is 75.4 Å². The molecule has 0 spiro atoms. The van der Waals surface area contributed by atoms with Gasteiger partial charge in [0.1, 0.15) is 11.8 Å². The van der Waals surface area contributed by atoms with E-state index in [-0.39, 0.29) is 34.6 Å². The van der Waals surface area contributed by atoms with Crippen LogP contribution in [0.2, 0.25) is 0 Å². The lowest BCUT2D eigenvalue weighted by molar-refractivity contribution is -0.122. The maximum atomic E-state index is 13.8. The molecule has 0 bridgehead atoms. The molecule has 3 aromatic rings. The predicted molar refractivity (Wildman–Crippen MR) is 174 cm³/mol. The van der Waals surface area contributed by atoms with Crippen LogP contribution in [0.15, 0.2) is 53.3 Å². The van der Waals surface area contributed by atoms with Crippen LogP contribution in [0, 0.1) is 5.92 Å². The van der Waals surface area contributed by atoms with E-state index in [2.05, 4.69) is 16.0 Å². The summed E-state index contributed by atoms with van der Waals surface area (Å²) in [6.45, 7) is 5.90. The molecule has 0 radical (unpaired) electrons. The lowest BCUT2D eigenvalue weighted by Crippen LogP contribution is -2.42. The molecule has 10 nitrogen and oxygen atoms in total. The third-order valence-electron chi connectivity index (χ3n) is 7.92. The minimum absolute atomic E-state index is 0.178. The summed E-state index contributed by atoms with van der Waals surface area (Å²) in [6.07, 6.45) is 2.24. The summed E-state index contributed by atoms with van der Waals surface area (Å²) in [6, 6.07) is 12.7. The van der Waals surface area contributed by atoms with E-state index in [1.165, 1.54) is 14.0 Å². The van der Waals surface area contributed by atoms with E-state index < -0.39 is 12.1 Å². The van der Waals surface area contributed by atoms with E-state index in [1.54, 1.807) is 38.5 Å². The largest absolute Gasteiger partial charge is 0.508 e. The first-order valence-electron chi connectivity index (χ1n) is 15.2. The van der Waals surface area contributed by atoms with Gasteiger partial charge in [-0.15, -0.1) is 0 Å². The number of benzene rings is 2. The molecule has 4 rings (SSSR count). The van der Waals surface area contributed by atoms with Crippen molar-refractivity contribution in [3.63, 3.8) is 0 Å². The number of nitrogens with one attached hydrogen (secondary N) is 3. The lowest BCUT2D eigenvalue weighted by atomic mass is 9.95. The fourth-order valence-electron chi connectivity index (χ4n) is 5.83. The second-order valence-corrected chi connectivity index (χ2v) is 11.6. The first-order chi connectivity index (χ1) is 21.6. The van der Waals surface area contributed by atoms with E-state index >= 15 is 0 Å². The van der Waals surface area contributed by atoms with Crippen LogP contribution >= 0.6 is 0 Å². The van der Waals surface area contributed by atoms with Gasteiger partial charge >= 0.3 is 0 Å². The fourth-order valence-corrected chi connectivity index (χ4v) is 5.83. The molecule has 240 valence electrons. The number of rotatable bonds is 12. The third kappa shape index (κ3) is 7.87. The van der Waals surface area contributed by atoms with Gasteiger partial charge in [-0.3, -0.25) is 14.4 Å². The Morgan fingerprint density at radius 1 is 0.978 bits per heavy atom. The summed E-state index contributed by atoms with van der Waals surface area (Å²) in [5, 5.41) is 18.7. The Morgan fingerprint density at radius 3 is 2.31 bits per heavy atom. The third-order valence-corrected chi connectivity index (χ3v) is 7.92. The Balaban J connectivity index is 1.74. The van der Waals surface area contributed by atoms with Crippen molar-refractivity contribution in [2.24, 2.45) is 5.92 Å². The Bertz CT molecular complexity index is 1590. The second kappa shape index (κ2) is 14.8. The predicted octanol–water partition coefficient (Wildman–Crippen LogP) is 4.75. The first-order valence-corrected chi connectivity index (χ1v) is 15.2. The molecule has 1 aliphatic rings. The number of anilines is 1. The molecule has 0 unspecified atom stereocenters. The molecule has 4 N–H and O–H groups in total. The number of methoxy groups -OCH3 is 3. The van der Waals surface area contributed by atoms with Crippen LogP contribution in [0.5, 0.6) is 23.0 Å². The molecule has 0 fully saturated rings. The van der Waals surface area contributed by atoms with Crippen molar-refractivity contribution in [3.8, 4) is 34.1 Å². The number of carbonyl (C=O) groups is 2. The van der Waals surface area contributed by atoms with Gasteiger partial charge in [0.15, 0.2) is 11.5 Å². The zero-order valence-electron chi connectivity index (χ0n) is 26.8. The highest BCUT2D eigenvalue weighted by atomic mass is 16.5. The average Bonchev–Trinajstić information content (AvgIpc) is 3.24. The summed E-state index contributed by atoms with van der Waals surface area (Å²) < 4.78 is 17.1. The number of aromatic hydroxyl groups is 1. The van der Waals surface area contributed by atoms with Crippen molar-refractivity contribution >= 4 is 17.5 Å². The van der Waals surface area contributed by atoms with Crippen molar-refractivity contribution in [1.82, 2.24) is 10.6 Å². The smallest absolute Gasteiger partial charge is 0.242 e. The van der Waals surface area contributed by atoms with Gasteiger partial charge in [-0.25, -0.2) is 0 Å². The van der Waals surface area contributed by atoms with Crippen molar-refractivity contribution in [2.45, 2.75) is 58.5 Å². The zero-order chi connectivity index (χ0) is 32.7. The Labute approximate surface area is 264 Å². The summed E-state index contributed by atoms with van der Waals surface area (Å²) >= 11 is 0. The van der Waals surface area contributed by atoms with E-state index in [0.29, 0.717) is 60.6 Å². The van der Waals surface area contributed by atoms with Gasteiger partial charge in [0, 0.05) is 19.0 Å². The number of fused-ring (bicyclic) bond motifs is 3. The van der Waals surface area contributed by atoms with Gasteiger partial charge in [0.2, 0.25) is 23.0 Å². The van der Waals surface area contributed by atoms with E-state index in [1.807, 2.05) is 38.1 Å². The number of hydrogen-bond acceptors (Lipinski definition) is 8. The number of amides is 2. The molecular formula is C35H43N3O7. The molecule has 3 aromatic carbocycles. The summed E-state index contributed by atoms with van der Waals surface area (Å²) in [4.78, 5) is 39.4. The van der Waals surface area contributed by atoms with Gasteiger partial charge in [-0.1, -0.05) is 32.0 Å². The standard InChI is InChI=1S/C35H43N3O7/c1-20(2)17-29(35(42)36-16-15-22-7-10-24(40)11-8-22)38-28-14-12-25-26(19-30(28)41)27(37-21(3)39)13-9-23-18-31(43-4)33(44-5)34(45-6)32(23)25/h7-8,10-12,14,18-20,27,29,40H,9,13,15-17H2,1-6H3,(H,36,42)(H,37,39)(H,38,41)/t27-,29-/m0/s1. The van der Waals surface area contributed by atoms with Gasteiger partial charge < -0.3 is 35.3 Å². The van der Waals surface area contributed by atoms with Crippen LogP contribution in [0.1, 0.15) is 56.3 Å². The van der Waals surface area contributed by atoms with Crippen LogP contribution in [0.25, 0.3) is 11.1 Å². The number of aryl methyl sites for hydroxylation is 1. The monoisotopic (exact) mass is 617 g/mol. The Kier molecular flexibility index (Phi) is 10.9. The molecule has 0 heterocycles. The van der Waals surface area contributed by atoms with Crippen LogP contribution in [0.4, 0.5) is 5.69 Å². The molecule has 1 aliphatic carbocycles. The normalized spacial score (nSPS) is 14.3. The van der Waals surface area contributed by atoms with Crippen molar-refractivity contribution in [2.75, 3.05) is 33.2 Å². The maximum Gasteiger partial charge on any atom is 0.242 e. The highest BCUT2D eigenvalue weighted by molar-refractivity contribution is 5.86. The number of ether oxygens (including phenoxy) is 3. The second-order valence-electron chi connectivity index (χ2n) is 11.6.